The molecule has 1 N–H and O–H groups in total. The third-order valence-electron chi connectivity index (χ3n) is 5.98. The second-order valence-electron chi connectivity index (χ2n) is 8.57. The summed E-state index contributed by atoms with van der Waals surface area (Å²) in [6.45, 7) is 5.92. The number of aryl methyl sites for hydroxylation is 1. The molecule has 4 rings (SSSR count). The molecule has 1 aliphatic rings. The van der Waals surface area contributed by atoms with E-state index < -0.39 is 23.5 Å². The molecule has 1 fully saturated rings. The molecule has 2 heterocycles. The minimum atomic E-state index is -0.809. The van der Waals surface area contributed by atoms with E-state index in [-0.39, 0.29) is 23.4 Å². The number of rotatable bonds is 5. The van der Waals surface area contributed by atoms with Gasteiger partial charge in [-0.15, -0.1) is 0 Å². The lowest BCUT2D eigenvalue weighted by atomic mass is 9.93. The molecular formula is C27H25FN2O3. The van der Waals surface area contributed by atoms with Crippen LogP contribution in [0, 0.1) is 12.7 Å². The van der Waals surface area contributed by atoms with Gasteiger partial charge in [-0.3, -0.25) is 14.6 Å². The molecular weight excluding hydrogens is 419 g/mol. The van der Waals surface area contributed by atoms with E-state index in [4.69, 9.17) is 0 Å². The molecule has 168 valence electrons. The highest BCUT2D eigenvalue weighted by Crippen LogP contribution is 2.40. The van der Waals surface area contributed by atoms with Crippen molar-refractivity contribution in [1.82, 2.24) is 9.88 Å². The van der Waals surface area contributed by atoms with Gasteiger partial charge in [0.25, 0.3) is 11.7 Å². The minimum Gasteiger partial charge on any atom is -0.507 e. The fraction of sp³-hybridized carbons (Fsp3) is 0.222. The Kier molecular flexibility index (Phi) is 6.09. The summed E-state index contributed by atoms with van der Waals surface area (Å²) in [6.07, 6.45) is 3.26. The number of hydrogen-bond acceptors (Lipinski definition) is 4. The van der Waals surface area contributed by atoms with Crippen molar-refractivity contribution in [2.45, 2.75) is 39.3 Å². The highest BCUT2D eigenvalue weighted by Gasteiger charge is 2.46. The van der Waals surface area contributed by atoms with Crippen LogP contribution in [0.3, 0.4) is 0 Å². The number of ketones is 1. The average molecular weight is 445 g/mol. The number of aromatic nitrogens is 1. The van der Waals surface area contributed by atoms with Gasteiger partial charge in [0, 0.05) is 24.5 Å². The molecule has 1 aromatic heterocycles. The van der Waals surface area contributed by atoms with Crippen molar-refractivity contribution in [2.75, 3.05) is 0 Å². The van der Waals surface area contributed by atoms with Gasteiger partial charge in [-0.25, -0.2) is 4.39 Å². The van der Waals surface area contributed by atoms with Gasteiger partial charge in [-0.2, -0.15) is 0 Å². The molecule has 0 saturated carbocycles. The number of halogens is 1. The molecule has 0 radical (unpaired) electrons. The fourth-order valence-electron chi connectivity index (χ4n) is 4.04. The van der Waals surface area contributed by atoms with Crippen molar-refractivity contribution in [2.24, 2.45) is 0 Å². The molecule has 0 bridgehead atoms. The van der Waals surface area contributed by atoms with E-state index in [0.717, 1.165) is 11.1 Å². The first kappa shape index (κ1) is 22.4. The molecule has 0 spiro atoms. The highest BCUT2D eigenvalue weighted by atomic mass is 19.1. The quantitative estimate of drug-likeness (QED) is 0.330. The summed E-state index contributed by atoms with van der Waals surface area (Å²) < 4.78 is 14.2. The van der Waals surface area contributed by atoms with Crippen LogP contribution in [0.1, 0.15) is 53.6 Å². The average Bonchev–Trinajstić information content (AvgIpc) is 3.06. The summed E-state index contributed by atoms with van der Waals surface area (Å²) in [4.78, 5) is 31.7. The number of carbonyl (C=O) groups excluding carboxylic acids is 2. The Labute approximate surface area is 192 Å². The van der Waals surface area contributed by atoms with Gasteiger partial charge in [0.2, 0.25) is 0 Å². The standard InChI is InChI=1S/C27H25FN2O3/c1-16(2)19-8-10-20(11-9-19)24-23(25(31)21-7-6-17(3)22(28)13-21)26(32)27(33)30(24)15-18-5-4-12-29-14-18/h4-14,16,24,31H,15H2,1-3H3. The minimum absolute atomic E-state index is 0.0514. The van der Waals surface area contributed by atoms with Crippen molar-refractivity contribution in [1.29, 1.82) is 0 Å². The van der Waals surface area contributed by atoms with E-state index >= 15 is 0 Å². The molecule has 1 amide bonds. The summed E-state index contributed by atoms with van der Waals surface area (Å²) >= 11 is 0. The van der Waals surface area contributed by atoms with E-state index in [9.17, 15) is 19.1 Å². The normalized spacial score (nSPS) is 17.7. The number of likely N-dealkylation sites (tertiary alicyclic amines) is 1. The topological polar surface area (TPSA) is 70.5 Å². The summed E-state index contributed by atoms with van der Waals surface area (Å²) in [6, 6.07) is 14.7. The van der Waals surface area contributed by atoms with Gasteiger partial charge >= 0.3 is 0 Å². The van der Waals surface area contributed by atoms with Gasteiger partial charge in [0.15, 0.2) is 0 Å². The Morgan fingerprint density at radius 3 is 2.45 bits per heavy atom. The smallest absolute Gasteiger partial charge is 0.295 e. The van der Waals surface area contributed by atoms with Gasteiger partial charge in [-0.05, 0) is 47.2 Å². The fourth-order valence-corrected chi connectivity index (χ4v) is 4.04. The van der Waals surface area contributed by atoms with Crippen LogP contribution in [-0.2, 0) is 16.1 Å². The Morgan fingerprint density at radius 1 is 1.12 bits per heavy atom. The maximum absolute atomic E-state index is 14.2. The van der Waals surface area contributed by atoms with Crippen LogP contribution in [-0.4, -0.2) is 26.7 Å². The SMILES string of the molecule is Cc1ccc(C(O)=C2C(=O)C(=O)N(Cc3cccnc3)C2c2ccc(C(C)C)cc2)cc1F. The zero-order chi connectivity index (χ0) is 23.7. The lowest BCUT2D eigenvalue weighted by Crippen LogP contribution is -2.29. The monoisotopic (exact) mass is 444 g/mol. The number of hydrogen-bond donors (Lipinski definition) is 1. The van der Waals surface area contributed by atoms with Gasteiger partial charge in [0.05, 0.1) is 11.6 Å². The lowest BCUT2D eigenvalue weighted by molar-refractivity contribution is -0.140. The number of aliphatic hydroxyl groups excluding tert-OH is 1. The summed E-state index contributed by atoms with van der Waals surface area (Å²) in [5, 5.41) is 11.1. The first-order chi connectivity index (χ1) is 15.8. The molecule has 2 aromatic carbocycles. The van der Waals surface area contributed by atoms with Crippen LogP contribution in [0.5, 0.6) is 0 Å². The Balaban J connectivity index is 1.86. The molecule has 1 aliphatic heterocycles. The summed E-state index contributed by atoms with van der Waals surface area (Å²) in [7, 11) is 0. The molecule has 1 unspecified atom stereocenters. The first-order valence-corrected chi connectivity index (χ1v) is 10.8. The van der Waals surface area contributed by atoms with Gasteiger partial charge in [-0.1, -0.05) is 56.3 Å². The molecule has 1 atom stereocenters. The third-order valence-corrected chi connectivity index (χ3v) is 5.98. The number of nitrogens with zero attached hydrogens (tertiary/aromatic N) is 2. The van der Waals surface area contributed by atoms with E-state index in [1.165, 1.54) is 17.0 Å². The maximum Gasteiger partial charge on any atom is 0.295 e. The third kappa shape index (κ3) is 4.29. The lowest BCUT2D eigenvalue weighted by Gasteiger charge is -2.25. The van der Waals surface area contributed by atoms with Gasteiger partial charge < -0.3 is 10.0 Å². The summed E-state index contributed by atoms with van der Waals surface area (Å²) in [5.74, 6) is -2.09. The summed E-state index contributed by atoms with van der Waals surface area (Å²) in [5.41, 5.74) is 3.08. The van der Waals surface area contributed by atoms with Crippen molar-refractivity contribution in [3.8, 4) is 0 Å². The molecule has 0 aliphatic carbocycles. The Morgan fingerprint density at radius 2 is 1.85 bits per heavy atom. The van der Waals surface area contributed by atoms with Crippen LogP contribution in [0.4, 0.5) is 4.39 Å². The van der Waals surface area contributed by atoms with Crippen LogP contribution in [0.25, 0.3) is 5.76 Å². The Bertz CT molecular complexity index is 1230. The largest absolute Gasteiger partial charge is 0.507 e. The molecule has 5 nitrogen and oxygen atoms in total. The number of amides is 1. The number of pyridine rings is 1. The predicted molar refractivity (Wildman–Crippen MR) is 124 cm³/mol. The molecule has 3 aromatic rings. The number of aliphatic hydroxyl groups is 1. The van der Waals surface area contributed by atoms with Crippen LogP contribution in [0.2, 0.25) is 0 Å². The molecule has 1 saturated heterocycles. The highest BCUT2D eigenvalue weighted by molar-refractivity contribution is 6.46. The van der Waals surface area contributed by atoms with E-state index in [2.05, 4.69) is 18.8 Å². The van der Waals surface area contributed by atoms with Crippen LogP contribution >= 0.6 is 0 Å². The Hall–Kier alpha value is -3.80. The predicted octanol–water partition coefficient (Wildman–Crippen LogP) is 5.27. The zero-order valence-corrected chi connectivity index (χ0v) is 18.7. The van der Waals surface area contributed by atoms with Crippen molar-refractivity contribution in [3.63, 3.8) is 0 Å². The molecule has 33 heavy (non-hydrogen) atoms. The van der Waals surface area contributed by atoms with E-state index in [0.29, 0.717) is 17.0 Å². The van der Waals surface area contributed by atoms with Crippen LogP contribution in [0.15, 0.2) is 72.6 Å². The second kappa shape index (κ2) is 8.98. The van der Waals surface area contributed by atoms with E-state index in [1.807, 2.05) is 30.3 Å². The van der Waals surface area contributed by atoms with Crippen molar-refractivity contribution >= 4 is 17.4 Å². The number of benzene rings is 2. The zero-order valence-electron chi connectivity index (χ0n) is 18.7. The number of Topliss-reactive ketones (excluding diaryl/α,β-unsaturated/α-hetero) is 1. The van der Waals surface area contributed by atoms with E-state index in [1.54, 1.807) is 31.5 Å². The molecule has 6 heteroatoms. The first-order valence-electron chi connectivity index (χ1n) is 10.8. The van der Waals surface area contributed by atoms with Gasteiger partial charge in [0.1, 0.15) is 11.6 Å². The maximum atomic E-state index is 14.2. The second-order valence-corrected chi connectivity index (χ2v) is 8.57. The van der Waals surface area contributed by atoms with Crippen molar-refractivity contribution < 1.29 is 19.1 Å². The number of carbonyl (C=O) groups is 2. The van der Waals surface area contributed by atoms with Crippen molar-refractivity contribution in [3.05, 3.63) is 106 Å². The van der Waals surface area contributed by atoms with Crippen LogP contribution < -0.4 is 0 Å².